The lowest BCUT2D eigenvalue weighted by atomic mass is 10.1. The molecular weight excluding hydrogens is 450 g/mol. The molecule has 8 heteroatoms. The third-order valence-electron chi connectivity index (χ3n) is 6.04. The van der Waals surface area contributed by atoms with Crippen LogP contribution in [0.1, 0.15) is 32.9 Å². The van der Waals surface area contributed by atoms with E-state index in [4.69, 9.17) is 11.6 Å². The molecule has 0 fully saturated rings. The fourth-order valence-corrected chi connectivity index (χ4v) is 4.19. The number of nitrogens with one attached hydrogen (secondary N) is 1. The van der Waals surface area contributed by atoms with E-state index in [1.807, 2.05) is 75.4 Å². The maximum atomic E-state index is 13.5. The molecule has 7 nitrogen and oxygen atoms in total. The van der Waals surface area contributed by atoms with Gasteiger partial charge in [-0.2, -0.15) is 4.98 Å². The molecule has 0 aliphatic heterocycles. The number of carbonyl (C=O) groups is 1. The predicted octanol–water partition coefficient (Wildman–Crippen LogP) is 4.92. The number of nitrogens with zero attached hydrogens (tertiary/aromatic N) is 4. The first kappa shape index (κ1) is 21.9. The second-order valence-corrected chi connectivity index (χ2v) is 8.75. The fraction of sp³-hybridized carbons (Fsp3) is 0.154. The van der Waals surface area contributed by atoms with Crippen LogP contribution in [0.4, 0.5) is 5.69 Å². The van der Waals surface area contributed by atoms with Gasteiger partial charge in [-0.25, -0.2) is 4.52 Å². The van der Waals surface area contributed by atoms with Crippen LogP contribution in [0.15, 0.2) is 65.5 Å². The normalized spacial score (nSPS) is 11.3. The van der Waals surface area contributed by atoms with E-state index in [-0.39, 0.29) is 23.6 Å². The van der Waals surface area contributed by atoms with Crippen molar-refractivity contribution in [3.05, 3.63) is 104 Å². The largest absolute Gasteiger partial charge is 0.319 e. The van der Waals surface area contributed by atoms with Crippen LogP contribution in [0, 0.1) is 20.8 Å². The number of amides is 1. The molecule has 34 heavy (non-hydrogen) atoms. The SMILES string of the molecule is Cc1ccc2c(c1)n(Cc1ccccc1Cl)c(=O)c1nc(C(=O)Nc3cccc(C)c3C)nn12. The van der Waals surface area contributed by atoms with E-state index in [2.05, 4.69) is 15.4 Å². The quantitative estimate of drug-likeness (QED) is 0.403. The van der Waals surface area contributed by atoms with Gasteiger partial charge in [-0.1, -0.05) is 48.0 Å². The Hall–Kier alpha value is -3.97. The van der Waals surface area contributed by atoms with Crippen LogP contribution in [0.3, 0.4) is 0 Å². The van der Waals surface area contributed by atoms with Crippen LogP contribution in [0.5, 0.6) is 0 Å². The molecule has 1 N–H and O–H groups in total. The number of rotatable bonds is 4. The van der Waals surface area contributed by atoms with E-state index in [0.717, 1.165) is 22.3 Å². The van der Waals surface area contributed by atoms with Gasteiger partial charge < -0.3 is 5.32 Å². The van der Waals surface area contributed by atoms with Crippen LogP contribution < -0.4 is 10.9 Å². The predicted molar refractivity (Wildman–Crippen MR) is 134 cm³/mol. The second kappa shape index (κ2) is 8.43. The van der Waals surface area contributed by atoms with Crippen molar-refractivity contribution < 1.29 is 4.79 Å². The van der Waals surface area contributed by atoms with Gasteiger partial charge in [0.1, 0.15) is 0 Å². The Balaban J connectivity index is 1.66. The molecule has 0 aliphatic carbocycles. The van der Waals surface area contributed by atoms with Crippen LogP contribution in [0.2, 0.25) is 5.02 Å². The molecule has 2 heterocycles. The lowest BCUT2D eigenvalue weighted by molar-refractivity contribution is 0.101. The summed E-state index contributed by atoms with van der Waals surface area (Å²) in [5, 5.41) is 7.84. The maximum absolute atomic E-state index is 13.5. The first-order valence-electron chi connectivity index (χ1n) is 10.8. The van der Waals surface area contributed by atoms with Gasteiger partial charge in [0.15, 0.2) is 0 Å². The van der Waals surface area contributed by atoms with Gasteiger partial charge in [-0.3, -0.25) is 14.2 Å². The van der Waals surface area contributed by atoms with Crippen molar-refractivity contribution in [1.82, 2.24) is 19.2 Å². The summed E-state index contributed by atoms with van der Waals surface area (Å²) in [4.78, 5) is 30.9. The highest BCUT2D eigenvalue weighted by molar-refractivity contribution is 6.31. The number of aromatic nitrogens is 4. The Morgan fingerprint density at radius 3 is 2.59 bits per heavy atom. The highest BCUT2D eigenvalue weighted by Crippen LogP contribution is 2.21. The molecule has 3 aromatic carbocycles. The fourth-order valence-electron chi connectivity index (χ4n) is 3.99. The summed E-state index contributed by atoms with van der Waals surface area (Å²) in [6.07, 6.45) is 0. The van der Waals surface area contributed by atoms with Gasteiger partial charge in [0, 0.05) is 10.7 Å². The Morgan fingerprint density at radius 2 is 1.79 bits per heavy atom. The van der Waals surface area contributed by atoms with Crippen molar-refractivity contribution in [2.45, 2.75) is 27.3 Å². The van der Waals surface area contributed by atoms with Gasteiger partial charge in [0.25, 0.3) is 11.5 Å². The molecule has 0 radical (unpaired) electrons. The van der Waals surface area contributed by atoms with Crippen LogP contribution in [0.25, 0.3) is 16.7 Å². The van der Waals surface area contributed by atoms with E-state index in [1.54, 1.807) is 10.6 Å². The summed E-state index contributed by atoms with van der Waals surface area (Å²) < 4.78 is 3.07. The first-order valence-corrected chi connectivity index (χ1v) is 11.2. The lowest BCUT2D eigenvalue weighted by Crippen LogP contribution is -2.24. The molecule has 0 spiro atoms. The highest BCUT2D eigenvalue weighted by atomic mass is 35.5. The van der Waals surface area contributed by atoms with E-state index < -0.39 is 5.91 Å². The summed E-state index contributed by atoms with van der Waals surface area (Å²) in [5.41, 5.74) is 5.59. The smallest absolute Gasteiger partial charge is 0.296 e. The van der Waals surface area contributed by atoms with Gasteiger partial charge in [0.05, 0.1) is 17.6 Å². The van der Waals surface area contributed by atoms with Crippen LogP contribution in [-0.2, 0) is 6.54 Å². The molecule has 5 rings (SSSR count). The van der Waals surface area contributed by atoms with Crippen LogP contribution in [-0.4, -0.2) is 25.1 Å². The molecule has 0 unspecified atom stereocenters. The minimum absolute atomic E-state index is 0.0737. The third kappa shape index (κ3) is 3.74. The topological polar surface area (TPSA) is 81.3 Å². The van der Waals surface area contributed by atoms with Gasteiger partial charge in [-0.05, 0) is 67.3 Å². The Morgan fingerprint density at radius 1 is 1.00 bits per heavy atom. The number of benzene rings is 3. The average Bonchev–Trinajstić information content (AvgIpc) is 3.27. The molecular formula is C26H22ClN5O2. The highest BCUT2D eigenvalue weighted by Gasteiger charge is 2.20. The Bertz CT molecular complexity index is 1650. The molecule has 0 saturated heterocycles. The molecule has 0 atom stereocenters. The molecule has 0 aliphatic rings. The molecule has 1 amide bonds. The second-order valence-electron chi connectivity index (χ2n) is 8.35. The van der Waals surface area contributed by atoms with Crippen molar-refractivity contribution in [3.63, 3.8) is 0 Å². The zero-order valence-corrected chi connectivity index (χ0v) is 19.7. The lowest BCUT2D eigenvalue weighted by Gasteiger charge is -2.13. The van der Waals surface area contributed by atoms with E-state index >= 15 is 0 Å². The zero-order valence-electron chi connectivity index (χ0n) is 19.0. The zero-order chi connectivity index (χ0) is 24.0. The summed E-state index contributed by atoms with van der Waals surface area (Å²) in [6.45, 7) is 6.14. The monoisotopic (exact) mass is 471 g/mol. The standard InChI is InChI=1S/C26H22ClN5O2/c1-15-11-12-21-22(13-15)31(14-18-8-4-5-9-19(18)27)26(34)24-29-23(30-32(21)24)25(33)28-20-10-6-7-16(2)17(20)3/h4-13H,14H2,1-3H3,(H,28,33). The third-order valence-corrected chi connectivity index (χ3v) is 6.40. The number of anilines is 1. The molecule has 0 saturated carbocycles. The van der Waals surface area contributed by atoms with E-state index in [1.165, 1.54) is 4.52 Å². The van der Waals surface area contributed by atoms with Crippen LogP contribution >= 0.6 is 11.6 Å². The number of hydrogen-bond donors (Lipinski definition) is 1. The maximum Gasteiger partial charge on any atom is 0.296 e. The number of aryl methyl sites for hydroxylation is 2. The van der Waals surface area contributed by atoms with Crippen molar-refractivity contribution >= 4 is 39.9 Å². The van der Waals surface area contributed by atoms with Crippen molar-refractivity contribution in [2.24, 2.45) is 0 Å². The minimum Gasteiger partial charge on any atom is -0.319 e. The number of carbonyl (C=O) groups excluding carboxylic acids is 1. The number of hydrogen-bond acceptors (Lipinski definition) is 4. The van der Waals surface area contributed by atoms with Gasteiger partial charge >= 0.3 is 0 Å². The molecule has 2 aromatic heterocycles. The molecule has 0 bridgehead atoms. The Labute approximate surface area is 200 Å². The van der Waals surface area contributed by atoms with Gasteiger partial charge in [-0.15, -0.1) is 5.10 Å². The summed E-state index contributed by atoms with van der Waals surface area (Å²) in [6, 6.07) is 18.8. The van der Waals surface area contributed by atoms with Crippen molar-refractivity contribution in [2.75, 3.05) is 5.32 Å². The first-order chi connectivity index (χ1) is 16.3. The minimum atomic E-state index is -0.477. The summed E-state index contributed by atoms with van der Waals surface area (Å²) in [7, 11) is 0. The summed E-state index contributed by atoms with van der Waals surface area (Å²) >= 11 is 6.37. The van der Waals surface area contributed by atoms with E-state index in [0.29, 0.717) is 21.7 Å². The number of halogens is 1. The molecule has 5 aromatic rings. The summed E-state index contributed by atoms with van der Waals surface area (Å²) in [5.74, 6) is -0.551. The Kier molecular flexibility index (Phi) is 5.42. The molecule has 170 valence electrons. The van der Waals surface area contributed by atoms with Crippen molar-refractivity contribution in [1.29, 1.82) is 0 Å². The van der Waals surface area contributed by atoms with Gasteiger partial charge in [0.2, 0.25) is 11.5 Å². The average molecular weight is 472 g/mol. The van der Waals surface area contributed by atoms with Crippen molar-refractivity contribution in [3.8, 4) is 0 Å². The van der Waals surface area contributed by atoms with E-state index in [9.17, 15) is 9.59 Å². The number of fused-ring (bicyclic) bond motifs is 3.